The Labute approximate surface area is 183 Å². The molecule has 0 saturated heterocycles. The van der Waals surface area contributed by atoms with Gasteiger partial charge in [-0.15, -0.1) is 5.10 Å². The lowest BCUT2D eigenvalue weighted by atomic mass is 9.85. The molecule has 0 radical (unpaired) electrons. The lowest BCUT2D eigenvalue weighted by molar-refractivity contribution is -0.137. The number of anilines is 1. The Hall–Kier alpha value is -3.36. The van der Waals surface area contributed by atoms with Gasteiger partial charge < -0.3 is 10.1 Å². The standard InChI is InChI=1S/C23H23F3N4O2/c1-14(2)32-22-28-20(15-6-8-17(9-7-15)23(24,25)26)30(29-22)19-12-10-18(11-13-19)27-21(31)16-4-3-5-16/h6-14,16H,3-5H2,1-2H3,(H,27,31). The Morgan fingerprint density at radius 1 is 1.09 bits per heavy atom. The molecule has 1 aliphatic rings. The fourth-order valence-electron chi connectivity index (χ4n) is 3.33. The minimum atomic E-state index is -4.42. The van der Waals surface area contributed by atoms with Crippen LogP contribution in [0.25, 0.3) is 17.1 Å². The number of carbonyl (C=O) groups excluding carboxylic acids is 1. The monoisotopic (exact) mass is 444 g/mol. The zero-order valence-electron chi connectivity index (χ0n) is 17.7. The van der Waals surface area contributed by atoms with Gasteiger partial charge in [-0.2, -0.15) is 18.2 Å². The van der Waals surface area contributed by atoms with Crippen molar-refractivity contribution in [2.24, 2.45) is 5.92 Å². The van der Waals surface area contributed by atoms with Gasteiger partial charge in [-0.3, -0.25) is 4.79 Å². The summed E-state index contributed by atoms with van der Waals surface area (Å²) < 4.78 is 45.9. The summed E-state index contributed by atoms with van der Waals surface area (Å²) in [5.74, 6) is 0.440. The molecule has 3 aromatic rings. The van der Waals surface area contributed by atoms with Gasteiger partial charge in [0.1, 0.15) is 0 Å². The van der Waals surface area contributed by atoms with Crippen LogP contribution < -0.4 is 10.1 Å². The summed E-state index contributed by atoms with van der Waals surface area (Å²) in [6.07, 6.45) is -1.68. The molecule has 1 heterocycles. The highest BCUT2D eigenvalue weighted by Crippen LogP contribution is 2.32. The van der Waals surface area contributed by atoms with E-state index in [0.29, 0.717) is 22.8 Å². The van der Waals surface area contributed by atoms with Crippen molar-refractivity contribution in [3.8, 4) is 23.1 Å². The molecule has 0 aliphatic heterocycles. The minimum absolute atomic E-state index is 0.0165. The molecule has 1 saturated carbocycles. The number of hydrogen-bond acceptors (Lipinski definition) is 4. The van der Waals surface area contributed by atoms with E-state index in [4.69, 9.17) is 4.74 Å². The number of halogens is 3. The van der Waals surface area contributed by atoms with Gasteiger partial charge >= 0.3 is 12.2 Å². The second-order valence-corrected chi connectivity index (χ2v) is 8.04. The highest BCUT2D eigenvalue weighted by atomic mass is 19.4. The number of nitrogens with zero attached hydrogens (tertiary/aromatic N) is 3. The summed E-state index contributed by atoms with van der Waals surface area (Å²) >= 11 is 0. The summed E-state index contributed by atoms with van der Waals surface area (Å²) in [6.45, 7) is 3.66. The molecule has 1 amide bonds. The Kier molecular flexibility index (Phi) is 5.90. The molecule has 9 heteroatoms. The number of alkyl halides is 3. The molecule has 1 fully saturated rings. The van der Waals surface area contributed by atoms with E-state index in [2.05, 4.69) is 15.4 Å². The molecule has 0 bridgehead atoms. The largest absolute Gasteiger partial charge is 0.460 e. The maximum absolute atomic E-state index is 12.9. The molecule has 0 unspecified atom stereocenters. The number of rotatable bonds is 6. The topological polar surface area (TPSA) is 69.0 Å². The van der Waals surface area contributed by atoms with E-state index < -0.39 is 11.7 Å². The summed E-state index contributed by atoms with van der Waals surface area (Å²) in [5.41, 5.74) is 1.03. The maximum Gasteiger partial charge on any atom is 0.416 e. The van der Waals surface area contributed by atoms with Gasteiger partial charge in [0.15, 0.2) is 5.82 Å². The van der Waals surface area contributed by atoms with E-state index >= 15 is 0 Å². The third-order valence-electron chi connectivity index (χ3n) is 5.25. The van der Waals surface area contributed by atoms with Crippen LogP contribution in [0.5, 0.6) is 6.01 Å². The molecule has 1 N–H and O–H groups in total. The number of nitrogens with one attached hydrogen (secondary N) is 1. The predicted molar refractivity (Wildman–Crippen MR) is 114 cm³/mol. The molecule has 4 rings (SSSR count). The van der Waals surface area contributed by atoms with Crippen LogP contribution in [0.3, 0.4) is 0 Å². The second-order valence-electron chi connectivity index (χ2n) is 8.04. The molecule has 0 spiro atoms. The zero-order chi connectivity index (χ0) is 22.9. The third-order valence-corrected chi connectivity index (χ3v) is 5.25. The number of hydrogen-bond donors (Lipinski definition) is 1. The number of benzene rings is 2. The number of carbonyl (C=O) groups is 1. The summed E-state index contributed by atoms with van der Waals surface area (Å²) in [7, 11) is 0. The van der Waals surface area contributed by atoms with Crippen LogP contribution >= 0.6 is 0 Å². The van der Waals surface area contributed by atoms with Crippen molar-refractivity contribution < 1.29 is 22.7 Å². The summed E-state index contributed by atoms with van der Waals surface area (Å²) in [5, 5.41) is 7.29. The Morgan fingerprint density at radius 2 is 1.75 bits per heavy atom. The van der Waals surface area contributed by atoms with Crippen molar-refractivity contribution in [2.45, 2.75) is 45.4 Å². The van der Waals surface area contributed by atoms with Gasteiger partial charge in [0, 0.05) is 17.2 Å². The van der Waals surface area contributed by atoms with E-state index in [1.54, 1.807) is 24.3 Å². The highest BCUT2D eigenvalue weighted by Gasteiger charge is 2.30. The molecule has 1 aliphatic carbocycles. The van der Waals surface area contributed by atoms with E-state index in [9.17, 15) is 18.0 Å². The first-order chi connectivity index (χ1) is 15.2. The van der Waals surface area contributed by atoms with Crippen LogP contribution in [-0.4, -0.2) is 26.8 Å². The number of amides is 1. The highest BCUT2D eigenvalue weighted by molar-refractivity contribution is 5.93. The minimum Gasteiger partial charge on any atom is -0.460 e. The lowest BCUT2D eigenvalue weighted by Crippen LogP contribution is -2.27. The maximum atomic E-state index is 12.9. The molecule has 6 nitrogen and oxygen atoms in total. The van der Waals surface area contributed by atoms with E-state index in [1.807, 2.05) is 13.8 Å². The van der Waals surface area contributed by atoms with Crippen molar-refractivity contribution in [2.75, 3.05) is 5.32 Å². The van der Waals surface area contributed by atoms with Crippen LogP contribution in [0.4, 0.5) is 18.9 Å². The first-order valence-electron chi connectivity index (χ1n) is 10.4. The summed E-state index contributed by atoms with van der Waals surface area (Å²) in [4.78, 5) is 16.5. The van der Waals surface area contributed by atoms with Crippen molar-refractivity contribution in [3.63, 3.8) is 0 Å². The normalized spacial score (nSPS) is 14.3. The lowest BCUT2D eigenvalue weighted by Gasteiger charge is -2.24. The Bertz CT molecular complexity index is 1090. The zero-order valence-corrected chi connectivity index (χ0v) is 17.7. The van der Waals surface area contributed by atoms with E-state index in [1.165, 1.54) is 16.8 Å². The fourth-order valence-corrected chi connectivity index (χ4v) is 3.33. The smallest absolute Gasteiger partial charge is 0.416 e. The van der Waals surface area contributed by atoms with E-state index in [-0.39, 0.29) is 23.9 Å². The van der Waals surface area contributed by atoms with Crippen LogP contribution in [0.2, 0.25) is 0 Å². The van der Waals surface area contributed by atoms with Gasteiger partial charge in [-0.1, -0.05) is 18.6 Å². The van der Waals surface area contributed by atoms with Crippen molar-refractivity contribution in [1.82, 2.24) is 14.8 Å². The third kappa shape index (κ3) is 4.76. The summed E-state index contributed by atoms with van der Waals surface area (Å²) in [6, 6.07) is 11.9. The molecular weight excluding hydrogens is 421 g/mol. The van der Waals surface area contributed by atoms with Crippen LogP contribution in [-0.2, 0) is 11.0 Å². The molecular formula is C23H23F3N4O2. The molecule has 0 atom stereocenters. The van der Waals surface area contributed by atoms with Gasteiger partial charge in [-0.05, 0) is 63.1 Å². The second kappa shape index (κ2) is 8.64. The van der Waals surface area contributed by atoms with Gasteiger partial charge in [0.25, 0.3) is 0 Å². The van der Waals surface area contributed by atoms with Crippen LogP contribution in [0.15, 0.2) is 48.5 Å². The quantitative estimate of drug-likeness (QED) is 0.547. The van der Waals surface area contributed by atoms with Gasteiger partial charge in [0.2, 0.25) is 5.91 Å². The SMILES string of the molecule is CC(C)Oc1nc(-c2ccc(C(F)(F)F)cc2)n(-c2ccc(NC(=O)C3CCC3)cc2)n1. The Morgan fingerprint density at radius 3 is 2.28 bits per heavy atom. The van der Waals surface area contributed by atoms with Crippen LogP contribution in [0, 0.1) is 5.92 Å². The number of ether oxygens (including phenoxy) is 1. The first-order valence-corrected chi connectivity index (χ1v) is 10.4. The van der Waals surface area contributed by atoms with Crippen molar-refractivity contribution >= 4 is 11.6 Å². The van der Waals surface area contributed by atoms with Gasteiger partial charge in [0.05, 0.1) is 17.4 Å². The fraction of sp³-hybridized carbons (Fsp3) is 0.348. The molecule has 2 aromatic carbocycles. The van der Waals surface area contributed by atoms with E-state index in [0.717, 1.165) is 31.4 Å². The average molecular weight is 444 g/mol. The molecule has 168 valence electrons. The van der Waals surface area contributed by atoms with Crippen LogP contribution in [0.1, 0.15) is 38.7 Å². The Balaban J connectivity index is 1.63. The molecule has 1 aromatic heterocycles. The van der Waals surface area contributed by atoms with Gasteiger partial charge in [-0.25, -0.2) is 4.68 Å². The first kappa shape index (κ1) is 21.9. The number of aromatic nitrogens is 3. The van der Waals surface area contributed by atoms with Crippen molar-refractivity contribution in [1.29, 1.82) is 0 Å². The average Bonchev–Trinajstić information content (AvgIpc) is 3.09. The van der Waals surface area contributed by atoms with Crippen molar-refractivity contribution in [3.05, 3.63) is 54.1 Å². The predicted octanol–water partition coefficient (Wildman–Crippen LogP) is 5.48. The molecule has 32 heavy (non-hydrogen) atoms.